The minimum absolute atomic E-state index is 0.0384. The molecule has 1 saturated carbocycles. The number of hydrogen-bond acceptors (Lipinski definition) is 4. The standard InChI is InChI=1S/C15H21N3O3S/c1-22(20,21)17-14-10-18(9-13(14)12-4-5-12)15(19)7-11-3-2-6-16-8-11/h2-3,6,8,12-14,17H,4-5,7,9-10H2,1H3. The number of amides is 1. The third kappa shape index (κ3) is 3.84. The summed E-state index contributed by atoms with van der Waals surface area (Å²) in [5, 5.41) is 0. The van der Waals surface area contributed by atoms with E-state index in [1.54, 1.807) is 17.3 Å². The predicted octanol–water partition coefficient (Wildman–Crippen LogP) is 0.410. The second kappa shape index (κ2) is 5.96. The molecule has 22 heavy (non-hydrogen) atoms. The first-order valence-electron chi connectivity index (χ1n) is 7.56. The third-order valence-electron chi connectivity index (χ3n) is 4.39. The fourth-order valence-electron chi connectivity index (χ4n) is 3.22. The van der Waals surface area contributed by atoms with Gasteiger partial charge < -0.3 is 4.90 Å². The number of rotatable bonds is 5. The molecule has 0 aromatic carbocycles. The Balaban J connectivity index is 1.66. The van der Waals surface area contributed by atoms with Gasteiger partial charge in [-0.15, -0.1) is 0 Å². The van der Waals surface area contributed by atoms with E-state index in [9.17, 15) is 13.2 Å². The van der Waals surface area contributed by atoms with Crippen molar-refractivity contribution in [1.82, 2.24) is 14.6 Å². The van der Waals surface area contributed by atoms with Crippen molar-refractivity contribution in [3.63, 3.8) is 0 Å². The van der Waals surface area contributed by atoms with Crippen molar-refractivity contribution < 1.29 is 13.2 Å². The lowest BCUT2D eigenvalue weighted by atomic mass is 9.99. The molecule has 1 saturated heterocycles. The Bertz CT molecular complexity index is 643. The molecule has 3 rings (SSSR count). The highest BCUT2D eigenvalue weighted by atomic mass is 32.2. The lowest BCUT2D eigenvalue weighted by Gasteiger charge is -2.17. The second-order valence-electron chi connectivity index (χ2n) is 6.33. The van der Waals surface area contributed by atoms with Crippen LogP contribution in [0.2, 0.25) is 0 Å². The zero-order valence-electron chi connectivity index (χ0n) is 12.6. The van der Waals surface area contributed by atoms with E-state index in [2.05, 4.69) is 9.71 Å². The number of nitrogens with one attached hydrogen (secondary N) is 1. The van der Waals surface area contributed by atoms with E-state index in [0.717, 1.165) is 18.4 Å². The molecule has 1 aromatic rings. The summed E-state index contributed by atoms with van der Waals surface area (Å²) in [5.41, 5.74) is 0.884. The fraction of sp³-hybridized carbons (Fsp3) is 0.600. The van der Waals surface area contributed by atoms with Crippen LogP contribution >= 0.6 is 0 Å². The molecule has 1 N–H and O–H groups in total. The van der Waals surface area contributed by atoms with Crippen LogP contribution in [0.15, 0.2) is 24.5 Å². The van der Waals surface area contributed by atoms with E-state index >= 15 is 0 Å². The molecular formula is C15H21N3O3S. The molecule has 0 radical (unpaired) electrons. The molecule has 2 fully saturated rings. The molecule has 2 atom stereocenters. The number of carbonyl (C=O) groups is 1. The van der Waals surface area contributed by atoms with Gasteiger partial charge in [-0.2, -0.15) is 0 Å². The smallest absolute Gasteiger partial charge is 0.227 e. The molecule has 1 aliphatic heterocycles. The van der Waals surface area contributed by atoms with Gasteiger partial charge in [-0.3, -0.25) is 9.78 Å². The largest absolute Gasteiger partial charge is 0.340 e. The third-order valence-corrected chi connectivity index (χ3v) is 5.12. The number of carbonyl (C=O) groups excluding carboxylic acids is 1. The van der Waals surface area contributed by atoms with Crippen LogP contribution in [-0.4, -0.2) is 49.6 Å². The summed E-state index contributed by atoms with van der Waals surface area (Å²) in [6, 6.07) is 3.54. The minimum atomic E-state index is -3.25. The number of nitrogens with zero attached hydrogens (tertiary/aromatic N) is 2. The molecule has 2 unspecified atom stereocenters. The van der Waals surface area contributed by atoms with Gasteiger partial charge in [0.25, 0.3) is 0 Å². The second-order valence-corrected chi connectivity index (χ2v) is 8.11. The Morgan fingerprint density at radius 2 is 2.18 bits per heavy atom. The summed E-state index contributed by atoms with van der Waals surface area (Å²) < 4.78 is 25.7. The Kier molecular flexibility index (Phi) is 4.18. The molecule has 1 aliphatic carbocycles. The van der Waals surface area contributed by atoms with Crippen molar-refractivity contribution in [2.75, 3.05) is 19.3 Å². The number of sulfonamides is 1. The van der Waals surface area contributed by atoms with Gasteiger partial charge in [0.05, 0.1) is 12.7 Å². The van der Waals surface area contributed by atoms with E-state index in [1.165, 1.54) is 6.26 Å². The molecule has 1 amide bonds. The molecule has 2 heterocycles. The van der Waals surface area contributed by atoms with Crippen LogP contribution < -0.4 is 4.72 Å². The predicted molar refractivity (Wildman–Crippen MR) is 82.5 cm³/mol. The van der Waals surface area contributed by atoms with Gasteiger partial charge in [-0.1, -0.05) is 6.07 Å². The first kappa shape index (κ1) is 15.4. The first-order valence-corrected chi connectivity index (χ1v) is 9.45. The van der Waals surface area contributed by atoms with E-state index in [-0.39, 0.29) is 17.9 Å². The van der Waals surface area contributed by atoms with Crippen LogP contribution in [0.5, 0.6) is 0 Å². The maximum absolute atomic E-state index is 12.4. The molecule has 7 heteroatoms. The SMILES string of the molecule is CS(=O)(=O)NC1CN(C(=O)Cc2cccnc2)CC1C1CC1. The maximum atomic E-state index is 12.4. The highest BCUT2D eigenvalue weighted by molar-refractivity contribution is 7.88. The summed E-state index contributed by atoms with van der Waals surface area (Å²) in [6.07, 6.45) is 7.14. The molecule has 2 aliphatic rings. The molecule has 0 spiro atoms. The number of pyridine rings is 1. The minimum Gasteiger partial charge on any atom is -0.340 e. The van der Waals surface area contributed by atoms with Crippen LogP contribution in [0.1, 0.15) is 18.4 Å². The molecule has 0 bridgehead atoms. The average molecular weight is 323 g/mol. The monoisotopic (exact) mass is 323 g/mol. The van der Waals surface area contributed by atoms with Gasteiger partial charge in [0.15, 0.2) is 0 Å². The van der Waals surface area contributed by atoms with Crippen molar-refractivity contribution in [3.05, 3.63) is 30.1 Å². The van der Waals surface area contributed by atoms with Gasteiger partial charge in [0.1, 0.15) is 0 Å². The Morgan fingerprint density at radius 3 is 2.77 bits per heavy atom. The zero-order chi connectivity index (χ0) is 15.7. The van der Waals surface area contributed by atoms with Crippen LogP contribution in [0.25, 0.3) is 0 Å². The average Bonchev–Trinajstić information content (AvgIpc) is 3.20. The Morgan fingerprint density at radius 1 is 1.41 bits per heavy atom. The normalized spacial score (nSPS) is 25.4. The quantitative estimate of drug-likeness (QED) is 0.851. The van der Waals surface area contributed by atoms with Crippen molar-refractivity contribution >= 4 is 15.9 Å². The van der Waals surface area contributed by atoms with E-state index in [1.807, 2.05) is 12.1 Å². The summed E-state index contributed by atoms with van der Waals surface area (Å²) in [5.74, 6) is 0.833. The lowest BCUT2D eigenvalue weighted by molar-refractivity contribution is -0.129. The zero-order valence-corrected chi connectivity index (χ0v) is 13.4. The van der Waals surface area contributed by atoms with Gasteiger partial charge in [0.2, 0.25) is 15.9 Å². The molecule has 120 valence electrons. The van der Waals surface area contributed by atoms with Crippen LogP contribution in [-0.2, 0) is 21.2 Å². The van der Waals surface area contributed by atoms with Crippen LogP contribution in [0.3, 0.4) is 0 Å². The molecule has 6 nitrogen and oxygen atoms in total. The van der Waals surface area contributed by atoms with Gasteiger partial charge >= 0.3 is 0 Å². The number of aromatic nitrogens is 1. The van der Waals surface area contributed by atoms with Crippen LogP contribution in [0.4, 0.5) is 0 Å². The first-order chi connectivity index (χ1) is 10.4. The Hall–Kier alpha value is -1.47. The van der Waals surface area contributed by atoms with E-state index in [4.69, 9.17) is 0 Å². The van der Waals surface area contributed by atoms with Crippen LogP contribution in [0, 0.1) is 11.8 Å². The van der Waals surface area contributed by atoms with Gasteiger partial charge in [-0.05, 0) is 36.3 Å². The summed E-state index contributed by atoms with van der Waals surface area (Å²) >= 11 is 0. The highest BCUT2D eigenvalue weighted by Gasteiger charge is 2.44. The number of likely N-dealkylation sites (tertiary alicyclic amines) is 1. The van der Waals surface area contributed by atoms with Crippen molar-refractivity contribution in [2.45, 2.75) is 25.3 Å². The highest BCUT2D eigenvalue weighted by Crippen LogP contribution is 2.41. The topological polar surface area (TPSA) is 79.4 Å². The maximum Gasteiger partial charge on any atom is 0.227 e. The summed E-state index contributed by atoms with van der Waals surface area (Å²) in [7, 11) is -3.25. The van der Waals surface area contributed by atoms with E-state index in [0.29, 0.717) is 25.4 Å². The lowest BCUT2D eigenvalue weighted by Crippen LogP contribution is -2.41. The summed E-state index contributed by atoms with van der Waals surface area (Å²) in [6.45, 7) is 1.12. The summed E-state index contributed by atoms with van der Waals surface area (Å²) in [4.78, 5) is 18.2. The van der Waals surface area contributed by atoms with Gasteiger partial charge in [0, 0.05) is 31.5 Å². The fourth-order valence-corrected chi connectivity index (χ4v) is 4.02. The van der Waals surface area contributed by atoms with Gasteiger partial charge in [-0.25, -0.2) is 13.1 Å². The Labute approximate surface area is 131 Å². The van der Waals surface area contributed by atoms with Crippen molar-refractivity contribution in [3.8, 4) is 0 Å². The van der Waals surface area contributed by atoms with Crippen molar-refractivity contribution in [1.29, 1.82) is 0 Å². The van der Waals surface area contributed by atoms with Crippen molar-refractivity contribution in [2.24, 2.45) is 11.8 Å². The molecular weight excluding hydrogens is 302 g/mol. The van der Waals surface area contributed by atoms with E-state index < -0.39 is 10.0 Å². The number of hydrogen-bond donors (Lipinski definition) is 1. The molecule has 1 aromatic heterocycles.